The molecule has 4 aliphatic carbocycles. The van der Waals surface area contributed by atoms with Crippen LogP contribution in [-0.2, 0) is 9.47 Å². The van der Waals surface area contributed by atoms with Gasteiger partial charge in [0, 0.05) is 12.5 Å². The molecule has 0 heterocycles. The predicted molar refractivity (Wildman–Crippen MR) is 120 cm³/mol. The molecule has 0 amide bonds. The molecule has 168 valence electrons. The molecule has 0 N–H and O–H groups in total. The van der Waals surface area contributed by atoms with E-state index in [9.17, 15) is 4.79 Å². The fourth-order valence-corrected chi connectivity index (χ4v) is 7.75. The lowest BCUT2D eigenvalue weighted by atomic mass is 9.47. The lowest BCUT2D eigenvalue weighted by Gasteiger charge is -2.58. The van der Waals surface area contributed by atoms with Gasteiger partial charge in [-0.05, 0) is 86.7 Å². The summed E-state index contributed by atoms with van der Waals surface area (Å²) in [6.07, 6.45) is 11.5. The van der Waals surface area contributed by atoms with Gasteiger partial charge in [0.15, 0.2) is 0 Å². The molecule has 5 rings (SSSR count). The van der Waals surface area contributed by atoms with Gasteiger partial charge in [0.1, 0.15) is 11.9 Å². The van der Waals surface area contributed by atoms with E-state index in [-0.39, 0.29) is 11.5 Å². The number of methoxy groups -OCH3 is 1. The smallest absolute Gasteiger partial charge is 0.430 e. The summed E-state index contributed by atoms with van der Waals surface area (Å²) in [5.74, 6) is 2.67. The number of rotatable bonds is 3. The number of para-hydroxylation sites is 1. The van der Waals surface area contributed by atoms with Gasteiger partial charge < -0.3 is 14.2 Å². The number of allylic oxidation sites excluding steroid dienone is 1. The monoisotopic (exact) mass is 424 g/mol. The van der Waals surface area contributed by atoms with Crippen molar-refractivity contribution < 1.29 is 19.0 Å². The second kappa shape index (κ2) is 7.95. The molecule has 0 aromatic heterocycles. The van der Waals surface area contributed by atoms with Gasteiger partial charge in [0.05, 0.1) is 6.10 Å². The summed E-state index contributed by atoms with van der Waals surface area (Å²) in [5, 5.41) is 0. The molecule has 31 heavy (non-hydrogen) atoms. The van der Waals surface area contributed by atoms with Crippen LogP contribution in [0.15, 0.2) is 42.0 Å². The van der Waals surface area contributed by atoms with E-state index in [1.165, 1.54) is 25.7 Å². The summed E-state index contributed by atoms with van der Waals surface area (Å²) < 4.78 is 17.0. The molecule has 1 aromatic rings. The topological polar surface area (TPSA) is 44.8 Å². The first-order chi connectivity index (χ1) is 14.9. The summed E-state index contributed by atoms with van der Waals surface area (Å²) in [7, 11) is 1.84. The summed E-state index contributed by atoms with van der Waals surface area (Å²) in [6, 6.07) is 9.22. The molecular weight excluding hydrogens is 388 g/mol. The second-order valence-corrected chi connectivity index (χ2v) is 10.7. The third-order valence-corrected chi connectivity index (χ3v) is 9.47. The van der Waals surface area contributed by atoms with Crippen molar-refractivity contribution in [1.82, 2.24) is 0 Å². The summed E-state index contributed by atoms with van der Waals surface area (Å²) in [6.45, 7) is 4.89. The Balaban J connectivity index is 1.30. The lowest BCUT2D eigenvalue weighted by Crippen LogP contribution is -2.52. The molecule has 0 unspecified atom stereocenters. The minimum Gasteiger partial charge on any atom is -0.430 e. The first-order valence-electron chi connectivity index (χ1n) is 12.1. The molecule has 1 aromatic carbocycles. The van der Waals surface area contributed by atoms with Crippen LogP contribution in [0.1, 0.15) is 65.2 Å². The zero-order chi connectivity index (χ0) is 21.6. The SMILES string of the molecule is CO[C@H]1C=C2CC[C@H]3[C@@H]4CC[C@H](OC(=O)Oc5ccccc5)[C@@]4(C)CC[C@@H]3[C@@]2(C)CC1. The molecule has 3 fully saturated rings. The highest BCUT2D eigenvalue weighted by Crippen LogP contribution is 2.65. The van der Waals surface area contributed by atoms with E-state index in [0.717, 1.165) is 37.5 Å². The van der Waals surface area contributed by atoms with Crippen LogP contribution < -0.4 is 4.74 Å². The molecule has 0 saturated heterocycles. The standard InChI is InChI=1S/C27H36O4/c1-26-15-13-20(29-3)17-18(26)9-10-21-22-11-12-24(27(22,2)16-14-23(21)26)31-25(28)30-19-7-5-4-6-8-19/h4-8,17,20-24H,9-16H2,1-3H3/t20-,21+,22+,23+,24+,26+,27+/m1/s1. The summed E-state index contributed by atoms with van der Waals surface area (Å²) >= 11 is 0. The molecule has 0 aliphatic heterocycles. The van der Waals surface area contributed by atoms with Crippen LogP contribution in [0.3, 0.4) is 0 Å². The first kappa shape index (κ1) is 21.1. The molecule has 4 nitrogen and oxygen atoms in total. The second-order valence-electron chi connectivity index (χ2n) is 10.7. The van der Waals surface area contributed by atoms with Crippen molar-refractivity contribution in [3.05, 3.63) is 42.0 Å². The Labute approximate surface area is 186 Å². The number of benzene rings is 1. The van der Waals surface area contributed by atoms with Crippen LogP contribution in [0, 0.1) is 28.6 Å². The van der Waals surface area contributed by atoms with E-state index in [0.29, 0.717) is 23.2 Å². The van der Waals surface area contributed by atoms with Crippen molar-refractivity contribution in [2.45, 2.75) is 77.4 Å². The molecule has 7 atom stereocenters. The molecule has 4 aliphatic rings. The van der Waals surface area contributed by atoms with Gasteiger partial charge >= 0.3 is 6.16 Å². The Morgan fingerprint density at radius 2 is 1.77 bits per heavy atom. The average Bonchev–Trinajstić information content (AvgIpc) is 3.10. The van der Waals surface area contributed by atoms with E-state index in [1.807, 2.05) is 25.3 Å². The van der Waals surface area contributed by atoms with E-state index in [2.05, 4.69) is 19.9 Å². The number of hydrogen-bond donors (Lipinski definition) is 0. The highest BCUT2D eigenvalue weighted by atomic mass is 16.7. The Morgan fingerprint density at radius 3 is 2.55 bits per heavy atom. The normalized spacial score (nSPS) is 41.4. The van der Waals surface area contributed by atoms with Gasteiger partial charge in [-0.25, -0.2) is 4.79 Å². The van der Waals surface area contributed by atoms with Crippen molar-refractivity contribution in [3.63, 3.8) is 0 Å². The highest BCUT2D eigenvalue weighted by molar-refractivity contribution is 5.64. The molecule has 0 radical (unpaired) electrons. The Bertz CT molecular complexity index is 848. The molecule has 0 spiro atoms. The van der Waals surface area contributed by atoms with Crippen LogP contribution in [0.5, 0.6) is 5.75 Å². The summed E-state index contributed by atoms with van der Waals surface area (Å²) in [4.78, 5) is 12.5. The van der Waals surface area contributed by atoms with Gasteiger partial charge in [0.2, 0.25) is 0 Å². The van der Waals surface area contributed by atoms with E-state index in [4.69, 9.17) is 14.2 Å². The van der Waals surface area contributed by atoms with Crippen LogP contribution in [0.2, 0.25) is 0 Å². The number of carbonyl (C=O) groups excluding carboxylic acids is 1. The quantitative estimate of drug-likeness (QED) is 0.314. The highest BCUT2D eigenvalue weighted by Gasteiger charge is 2.60. The Morgan fingerprint density at radius 1 is 0.968 bits per heavy atom. The maximum Gasteiger partial charge on any atom is 0.514 e. The fourth-order valence-electron chi connectivity index (χ4n) is 7.75. The third-order valence-electron chi connectivity index (χ3n) is 9.47. The van der Waals surface area contributed by atoms with Crippen molar-refractivity contribution in [2.24, 2.45) is 28.6 Å². The molecule has 3 saturated carbocycles. The largest absolute Gasteiger partial charge is 0.514 e. The Kier molecular flexibility index (Phi) is 5.40. The minimum atomic E-state index is -0.557. The number of ether oxygens (including phenoxy) is 3. The van der Waals surface area contributed by atoms with Gasteiger partial charge in [-0.1, -0.05) is 43.7 Å². The zero-order valence-electron chi connectivity index (χ0n) is 19.1. The zero-order valence-corrected chi connectivity index (χ0v) is 19.1. The first-order valence-corrected chi connectivity index (χ1v) is 12.1. The number of fused-ring (bicyclic) bond motifs is 5. The van der Waals surface area contributed by atoms with Crippen molar-refractivity contribution in [3.8, 4) is 5.75 Å². The van der Waals surface area contributed by atoms with Gasteiger partial charge in [-0.3, -0.25) is 0 Å². The minimum absolute atomic E-state index is 0.0383. The average molecular weight is 425 g/mol. The van der Waals surface area contributed by atoms with Gasteiger partial charge in [-0.15, -0.1) is 0 Å². The third kappa shape index (κ3) is 3.51. The van der Waals surface area contributed by atoms with Crippen LogP contribution in [-0.4, -0.2) is 25.5 Å². The van der Waals surface area contributed by atoms with E-state index >= 15 is 0 Å². The fraction of sp³-hybridized carbons (Fsp3) is 0.667. The van der Waals surface area contributed by atoms with Crippen molar-refractivity contribution in [2.75, 3.05) is 7.11 Å². The van der Waals surface area contributed by atoms with Crippen LogP contribution in [0.4, 0.5) is 4.79 Å². The van der Waals surface area contributed by atoms with Crippen molar-refractivity contribution >= 4 is 6.16 Å². The van der Waals surface area contributed by atoms with Crippen LogP contribution in [0.25, 0.3) is 0 Å². The molecular formula is C27H36O4. The molecule has 0 bridgehead atoms. The predicted octanol–water partition coefficient (Wildman–Crippen LogP) is 6.55. The Hall–Kier alpha value is -1.81. The number of hydrogen-bond acceptors (Lipinski definition) is 4. The van der Waals surface area contributed by atoms with Crippen LogP contribution >= 0.6 is 0 Å². The van der Waals surface area contributed by atoms with Gasteiger partial charge in [0.25, 0.3) is 0 Å². The van der Waals surface area contributed by atoms with E-state index in [1.54, 1.807) is 17.7 Å². The lowest BCUT2D eigenvalue weighted by molar-refractivity contribution is -0.0843. The van der Waals surface area contributed by atoms with Crippen molar-refractivity contribution in [1.29, 1.82) is 0 Å². The maximum atomic E-state index is 12.5. The maximum absolute atomic E-state index is 12.5. The number of carbonyl (C=O) groups is 1. The summed E-state index contributed by atoms with van der Waals surface area (Å²) in [5.41, 5.74) is 2.04. The van der Waals surface area contributed by atoms with Gasteiger partial charge in [-0.2, -0.15) is 0 Å². The molecule has 4 heteroatoms. The van der Waals surface area contributed by atoms with E-state index < -0.39 is 6.16 Å².